The summed E-state index contributed by atoms with van der Waals surface area (Å²) < 4.78 is 13.6. The monoisotopic (exact) mass is 309 g/mol. The largest absolute Gasteiger partial charge is 0.271 e. The van der Waals surface area contributed by atoms with Crippen LogP contribution in [0.3, 0.4) is 0 Å². The summed E-state index contributed by atoms with van der Waals surface area (Å²) in [6, 6.07) is 8.69. The van der Waals surface area contributed by atoms with E-state index in [0.717, 1.165) is 17.5 Å². The van der Waals surface area contributed by atoms with Crippen LogP contribution in [0.1, 0.15) is 17.2 Å². The molecule has 1 atom stereocenters. The Bertz CT molecular complexity index is 519. The van der Waals surface area contributed by atoms with Crippen molar-refractivity contribution in [2.45, 2.75) is 12.5 Å². The minimum Gasteiger partial charge on any atom is -0.271 e. The maximum Gasteiger partial charge on any atom is 0.137 e. The summed E-state index contributed by atoms with van der Waals surface area (Å²) in [6.45, 7) is 0. The summed E-state index contributed by atoms with van der Waals surface area (Å²) in [4.78, 5) is 3.97. The molecule has 1 aromatic carbocycles. The molecule has 2 rings (SSSR count). The first kappa shape index (κ1) is 13.1. The third-order valence-electron chi connectivity index (χ3n) is 2.74. The fourth-order valence-electron chi connectivity index (χ4n) is 1.76. The molecule has 0 bridgehead atoms. The third-order valence-corrected chi connectivity index (χ3v) is 3.34. The van der Waals surface area contributed by atoms with E-state index in [4.69, 9.17) is 5.84 Å². The summed E-state index contributed by atoms with van der Waals surface area (Å²) in [6.07, 6.45) is 4.20. The van der Waals surface area contributed by atoms with Crippen molar-refractivity contribution in [1.29, 1.82) is 0 Å². The van der Waals surface area contributed by atoms with E-state index in [-0.39, 0.29) is 11.9 Å². The molecule has 0 aliphatic rings. The van der Waals surface area contributed by atoms with Crippen LogP contribution in [-0.4, -0.2) is 4.98 Å². The van der Waals surface area contributed by atoms with Crippen molar-refractivity contribution < 1.29 is 4.39 Å². The van der Waals surface area contributed by atoms with E-state index >= 15 is 0 Å². The fourth-order valence-corrected chi connectivity index (χ4v) is 2.15. The van der Waals surface area contributed by atoms with Crippen LogP contribution in [0.5, 0.6) is 0 Å². The van der Waals surface area contributed by atoms with Gasteiger partial charge in [0, 0.05) is 12.4 Å². The fraction of sp³-hybridized carbons (Fsp3) is 0.154. The van der Waals surface area contributed by atoms with Crippen molar-refractivity contribution >= 4 is 15.9 Å². The molecular formula is C13H13BrFN3. The van der Waals surface area contributed by atoms with Crippen LogP contribution in [0, 0.1) is 5.82 Å². The Labute approximate surface area is 113 Å². The Balaban J connectivity index is 2.20. The molecule has 1 aromatic heterocycles. The van der Waals surface area contributed by atoms with Gasteiger partial charge in [-0.15, -0.1) is 0 Å². The van der Waals surface area contributed by atoms with Gasteiger partial charge in [-0.3, -0.25) is 16.3 Å². The van der Waals surface area contributed by atoms with E-state index < -0.39 is 0 Å². The lowest BCUT2D eigenvalue weighted by Crippen LogP contribution is -2.29. The average Bonchev–Trinajstić information content (AvgIpc) is 2.40. The lowest BCUT2D eigenvalue weighted by molar-refractivity contribution is 0.548. The van der Waals surface area contributed by atoms with Crippen LogP contribution < -0.4 is 11.3 Å². The number of hydrogen-bond acceptors (Lipinski definition) is 3. The van der Waals surface area contributed by atoms with Gasteiger partial charge in [0.15, 0.2) is 0 Å². The van der Waals surface area contributed by atoms with Gasteiger partial charge in [0.05, 0.1) is 10.5 Å². The summed E-state index contributed by atoms with van der Waals surface area (Å²) >= 11 is 3.18. The molecule has 18 heavy (non-hydrogen) atoms. The quantitative estimate of drug-likeness (QED) is 0.674. The number of hydrogen-bond donors (Lipinski definition) is 2. The first-order valence-corrected chi connectivity index (χ1v) is 6.30. The highest BCUT2D eigenvalue weighted by molar-refractivity contribution is 9.10. The number of rotatable bonds is 4. The van der Waals surface area contributed by atoms with E-state index in [2.05, 4.69) is 26.3 Å². The van der Waals surface area contributed by atoms with Crippen molar-refractivity contribution in [3.05, 3.63) is 64.1 Å². The lowest BCUT2D eigenvalue weighted by atomic mass is 10.0. The van der Waals surface area contributed by atoms with Gasteiger partial charge in [0.2, 0.25) is 0 Å². The first-order valence-electron chi connectivity index (χ1n) is 5.50. The van der Waals surface area contributed by atoms with E-state index in [9.17, 15) is 4.39 Å². The second kappa shape index (κ2) is 6.04. The Hall–Kier alpha value is -1.30. The molecule has 0 aliphatic heterocycles. The number of benzene rings is 1. The number of nitrogens with two attached hydrogens (primary N) is 1. The van der Waals surface area contributed by atoms with Crippen LogP contribution in [0.15, 0.2) is 47.2 Å². The van der Waals surface area contributed by atoms with Crippen LogP contribution in [0.2, 0.25) is 0 Å². The molecule has 3 nitrogen and oxygen atoms in total. The summed E-state index contributed by atoms with van der Waals surface area (Å²) in [5, 5.41) is 0. The molecule has 5 heteroatoms. The molecule has 0 amide bonds. The zero-order valence-electron chi connectivity index (χ0n) is 9.61. The van der Waals surface area contributed by atoms with E-state index in [1.165, 1.54) is 6.07 Å². The van der Waals surface area contributed by atoms with Gasteiger partial charge in [0.25, 0.3) is 0 Å². The smallest absolute Gasteiger partial charge is 0.137 e. The predicted octanol–water partition coefficient (Wildman–Crippen LogP) is 2.73. The number of halogens is 2. The zero-order chi connectivity index (χ0) is 13.0. The predicted molar refractivity (Wildman–Crippen MR) is 72.1 cm³/mol. The lowest BCUT2D eigenvalue weighted by Gasteiger charge is -2.16. The zero-order valence-corrected chi connectivity index (χ0v) is 11.2. The second-order valence-corrected chi connectivity index (χ2v) is 4.81. The van der Waals surface area contributed by atoms with Gasteiger partial charge < -0.3 is 0 Å². The van der Waals surface area contributed by atoms with Crippen molar-refractivity contribution in [2.75, 3.05) is 0 Å². The highest BCUT2D eigenvalue weighted by atomic mass is 79.9. The van der Waals surface area contributed by atoms with Crippen molar-refractivity contribution in [1.82, 2.24) is 10.4 Å². The van der Waals surface area contributed by atoms with Gasteiger partial charge in [-0.1, -0.05) is 6.07 Å². The summed E-state index contributed by atoms with van der Waals surface area (Å²) in [5.74, 6) is 5.29. The van der Waals surface area contributed by atoms with Gasteiger partial charge in [-0.25, -0.2) is 4.39 Å². The number of hydrazine groups is 1. The molecule has 0 fully saturated rings. The van der Waals surface area contributed by atoms with Gasteiger partial charge >= 0.3 is 0 Å². The molecule has 0 spiro atoms. The number of nitrogens with zero attached hydrogens (tertiary/aromatic N) is 1. The van der Waals surface area contributed by atoms with Gasteiger partial charge in [-0.05, 0) is 57.7 Å². The molecule has 0 saturated carbocycles. The number of aromatic nitrogens is 1. The second-order valence-electron chi connectivity index (χ2n) is 3.95. The highest BCUT2D eigenvalue weighted by Crippen LogP contribution is 2.23. The molecule has 94 valence electrons. The van der Waals surface area contributed by atoms with Crippen molar-refractivity contribution in [2.24, 2.45) is 5.84 Å². The highest BCUT2D eigenvalue weighted by Gasteiger charge is 2.12. The van der Waals surface area contributed by atoms with Gasteiger partial charge in [-0.2, -0.15) is 0 Å². The third kappa shape index (κ3) is 3.13. The number of pyridine rings is 1. The van der Waals surface area contributed by atoms with E-state index in [1.807, 2.05) is 12.1 Å². The molecule has 3 N–H and O–H groups in total. The van der Waals surface area contributed by atoms with Crippen LogP contribution in [-0.2, 0) is 6.42 Å². The number of nitrogens with one attached hydrogen (secondary N) is 1. The summed E-state index contributed by atoms with van der Waals surface area (Å²) in [5.41, 5.74) is 4.80. The Morgan fingerprint density at radius 3 is 2.61 bits per heavy atom. The Kier molecular flexibility index (Phi) is 4.41. The van der Waals surface area contributed by atoms with Crippen LogP contribution in [0.4, 0.5) is 4.39 Å². The maximum absolute atomic E-state index is 13.2. The van der Waals surface area contributed by atoms with Crippen molar-refractivity contribution in [3.63, 3.8) is 0 Å². The molecule has 1 unspecified atom stereocenters. The Morgan fingerprint density at radius 2 is 2.00 bits per heavy atom. The molecule has 0 radical (unpaired) electrons. The Morgan fingerprint density at radius 1 is 1.28 bits per heavy atom. The standard InChI is InChI=1S/C13H13BrFN3/c14-11-8-10(1-2-12(11)15)13(18-16)7-9-3-5-17-6-4-9/h1-6,8,13,18H,7,16H2. The molecular weight excluding hydrogens is 297 g/mol. The molecule has 1 heterocycles. The topological polar surface area (TPSA) is 50.9 Å². The van der Waals surface area contributed by atoms with Crippen molar-refractivity contribution in [3.8, 4) is 0 Å². The average molecular weight is 310 g/mol. The first-order chi connectivity index (χ1) is 8.70. The maximum atomic E-state index is 13.2. The van der Waals surface area contributed by atoms with E-state index in [1.54, 1.807) is 24.5 Å². The minimum absolute atomic E-state index is 0.0655. The minimum atomic E-state index is -0.279. The van der Waals surface area contributed by atoms with Gasteiger partial charge in [0.1, 0.15) is 5.82 Å². The normalized spacial score (nSPS) is 12.4. The molecule has 0 aliphatic carbocycles. The molecule has 0 saturated heterocycles. The van der Waals surface area contributed by atoms with E-state index in [0.29, 0.717) is 4.47 Å². The SMILES string of the molecule is NNC(Cc1ccncc1)c1ccc(F)c(Br)c1. The molecule has 2 aromatic rings. The van der Waals surface area contributed by atoms with Crippen LogP contribution >= 0.6 is 15.9 Å². The van der Waals surface area contributed by atoms with Crippen LogP contribution in [0.25, 0.3) is 0 Å². The summed E-state index contributed by atoms with van der Waals surface area (Å²) in [7, 11) is 0.